The van der Waals surface area contributed by atoms with E-state index in [1.165, 1.54) is 58.4 Å². The van der Waals surface area contributed by atoms with Gasteiger partial charge in [0.05, 0.1) is 0 Å². The van der Waals surface area contributed by atoms with Gasteiger partial charge < -0.3 is 10.2 Å². The Morgan fingerprint density at radius 2 is 1.93 bits per heavy atom. The fourth-order valence-electron chi connectivity index (χ4n) is 2.18. The Morgan fingerprint density at radius 3 is 2.50 bits per heavy atom. The van der Waals surface area contributed by atoms with Crippen LogP contribution in [0.1, 0.15) is 39.5 Å². The lowest BCUT2D eigenvalue weighted by Crippen LogP contribution is -2.45. The van der Waals surface area contributed by atoms with Crippen LogP contribution in [0.3, 0.4) is 0 Å². The van der Waals surface area contributed by atoms with Gasteiger partial charge in [0, 0.05) is 32.7 Å². The average Bonchev–Trinajstić information content (AvgIpc) is 2.25. The van der Waals surface area contributed by atoms with E-state index in [2.05, 4.69) is 24.1 Å². The molecule has 0 amide bonds. The van der Waals surface area contributed by atoms with Crippen LogP contribution in [-0.2, 0) is 0 Å². The molecule has 14 heavy (non-hydrogen) atoms. The molecule has 1 N–H and O–H groups in total. The molecule has 2 nitrogen and oxygen atoms in total. The third-order valence-corrected chi connectivity index (χ3v) is 3.27. The van der Waals surface area contributed by atoms with Crippen LogP contribution in [0, 0.1) is 5.92 Å². The minimum absolute atomic E-state index is 0.938. The van der Waals surface area contributed by atoms with E-state index >= 15 is 0 Å². The molecule has 0 aromatic heterocycles. The van der Waals surface area contributed by atoms with Crippen LogP contribution in [-0.4, -0.2) is 37.6 Å². The SMILES string of the molecule is CCCC[C@@H](CC)CN1CCNCC1. The summed E-state index contributed by atoms with van der Waals surface area (Å²) >= 11 is 0. The molecule has 1 aliphatic rings. The van der Waals surface area contributed by atoms with E-state index in [4.69, 9.17) is 0 Å². The lowest BCUT2D eigenvalue weighted by atomic mass is 9.98. The maximum atomic E-state index is 3.41. The molecule has 84 valence electrons. The van der Waals surface area contributed by atoms with Gasteiger partial charge in [-0.2, -0.15) is 0 Å². The molecular weight excluding hydrogens is 172 g/mol. The molecule has 0 unspecified atom stereocenters. The van der Waals surface area contributed by atoms with E-state index in [0.717, 1.165) is 5.92 Å². The number of hydrogen-bond acceptors (Lipinski definition) is 2. The van der Waals surface area contributed by atoms with Gasteiger partial charge in [-0.05, 0) is 12.3 Å². The summed E-state index contributed by atoms with van der Waals surface area (Å²) < 4.78 is 0. The Labute approximate surface area is 89.1 Å². The van der Waals surface area contributed by atoms with Crippen LogP contribution in [0.5, 0.6) is 0 Å². The Morgan fingerprint density at radius 1 is 1.21 bits per heavy atom. The van der Waals surface area contributed by atoms with Gasteiger partial charge in [0.15, 0.2) is 0 Å². The van der Waals surface area contributed by atoms with Gasteiger partial charge in [-0.1, -0.05) is 33.1 Å². The second-order valence-electron chi connectivity index (χ2n) is 4.47. The number of nitrogens with zero attached hydrogens (tertiary/aromatic N) is 1. The largest absolute Gasteiger partial charge is 0.314 e. The molecule has 0 radical (unpaired) electrons. The second kappa shape index (κ2) is 7.24. The summed E-state index contributed by atoms with van der Waals surface area (Å²) in [5.74, 6) is 0.938. The lowest BCUT2D eigenvalue weighted by Gasteiger charge is -2.30. The number of hydrogen-bond donors (Lipinski definition) is 1. The predicted octanol–water partition coefficient (Wildman–Crippen LogP) is 2.11. The van der Waals surface area contributed by atoms with Crippen molar-refractivity contribution in [2.24, 2.45) is 5.92 Å². The van der Waals surface area contributed by atoms with Crippen LogP contribution in [0.15, 0.2) is 0 Å². The van der Waals surface area contributed by atoms with Crippen LogP contribution in [0.25, 0.3) is 0 Å². The highest BCUT2D eigenvalue weighted by atomic mass is 15.2. The molecule has 1 heterocycles. The summed E-state index contributed by atoms with van der Waals surface area (Å²) in [6, 6.07) is 0. The third-order valence-electron chi connectivity index (χ3n) is 3.27. The minimum atomic E-state index is 0.938. The maximum absolute atomic E-state index is 3.41. The van der Waals surface area contributed by atoms with E-state index in [-0.39, 0.29) is 0 Å². The van der Waals surface area contributed by atoms with Gasteiger partial charge in [0.1, 0.15) is 0 Å². The summed E-state index contributed by atoms with van der Waals surface area (Å²) in [4.78, 5) is 2.63. The topological polar surface area (TPSA) is 15.3 Å². The van der Waals surface area contributed by atoms with Crippen LogP contribution >= 0.6 is 0 Å². The van der Waals surface area contributed by atoms with Crippen molar-refractivity contribution in [3.63, 3.8) is 0 Å². The molecule has 1 saturated heterocycles. The number of unbranched alkanes of at least 4 members (excludes halogenated alkanes) is 1. The Hall–Kier alpha value is -0.0800. The fourth-order valence-corrected chi connectivity index (χ4v) is 2.18. The molecule has 1 atom stereocenters. The van der Waals surface area contributed by atoms with Crippen LogP contribution in [0.2, 0.25) is 0 Å². The summed E-state index contributed by atoms with van der Waals surface area (Å²) in [6.07, 6.45) is 5.53. The first-order chi connectivity index (χ1) is 6.86. The molecule has 0 aromatic rings. The summed E-state index contributed by atoms with van der Waals surface area (Å²) in [6.45, 7) is 10.8. The van der Waals surface area contributed by atoms with E-state index in [1.807, 2.05) is 0 Å². The molecule has 1 rings (SSSR count). The second-order valence-corrected chi connectivity index (χ2v) is 4.47. The highest BCUT2D eigenvalue weighted by Crippen LogP contribution is 2.14. The third kappa shape index (κ3) is 4.43. The average molecular weight is 198 g/mol. The van der Waals surface area contributed by atoms with Crippen molar-refractivity contribution in [2.45, 2.75) is 39.5 Å². The molecule has 0 spiro atoms. The summed E-state index contributed by atoms with van der Waals surface area (Å²) in [5, 5.41) is 3.41. The van der Waals surface area contributed by atoms with Gasteiger partial charge in [0.2, 0.25) is 0 Å². The van der Waals surface area contributed by atoms with Crippen molar-refractivity contribution in [3.05, 3.63) is 0 Å². The predicted molar refractivity (Wildman–Crippen MR) is 62.6 cm³/mol. The van der Waals surface area contributed by atoms with Gasteiger partial charge in [-0.3, -0.25) is 0 Å². The van der Waals surface area contributed by atoms with Gasteiger partial charge in [-0.15, -0.1) is 0 Å². The first-order valence-corrected chi connectivity index (χ1v) is 6.29. The highest BCUT2D eigenvalue weighted by molar-refractivity contribution is 4.71. The standard InChI is InChI=1S/C12H26N2/c1-3-5-6-12(4-2)11-14-9-7-13-8-10-14/h12-13H,3-11H2,1-2H3/t12-/m1/s1. The molecule has 0 aromatic carbocycles. The Bertz CT molecular complexity index is 130. The maximum Gasteiger partial charge on any atom is 0.0107 e. The first kappa shape index (κ1) is 12.0. The van der Waals surface area contributed by atoms with E-state index in [1.54, 1.807) is 0 Å². The number of nitrogens with one attached hydrogen (secondary N) is 1. The zero-order valence-electron chi connectivity index (χ0n) is 9.89. The fraction of sp³-hybridized carbons (Fsp3) is 1.00. The smallest absolute Gasteiger partial charge is 0.0107 e. The summed E-state index contributed by atoms with van der Waals surface area (Å²) in [7, 11) is 0. The highest BCUT2D eigenvalue weighted by Gasteiger charge is 2.14. The molecule has 1 fully saturated rings. The van der Waals surface area contributed by atoms with E-state index < -0.39 is 0 Å². The zero-order valence-corrected chi connectivity index (χ0v) is 9.89. The van der Waals surface area contributed by atoms with Gasteiger partial charge >= 0.3 is 0 Å². The zero-order chi connectivity index (χ0) is 10.2. The Balaban J connectivity index is 2.16. The first-order valence-electron chi connectivity index (χ1n) is 6.29. The van der Waals surface area contributed by atoms with Gasteiger partial charge in [0.25, 0.3) is 0 Å². The molecule has 0 aliphatic carbocycles. The van der Waals surface area contributed by atoms with Crippen molar-refractivity contribution in [3.8, 4) is 0 Å². The van der Waals surface area contributed by atoms with Crippen molar-refractivity contribution < 1.29 is 0 Å². The van der Waals surface area contributed by atoms with E-state index in [0.29, 0.717) is 0 Å². The molecule has 2 heteroatoms. The monoisotopic (exact) mass is 198 g/mol. The van der Waals surface area contributed by atoms with Crippen LogP contribution < -0.4 is 5.32 Å². The lowest BCUT2D eigenvalue weighted by molar-refractivity contribution is 0.196. The van der Waals surface area contributed by atoms with Crippen LogP contribution in [0.4, 0.5) is 0 Å². The molecule has 0 bridgehead atoms. The van der Waals surface area contributed by atoms with Crippen molar-refractivity contribution in [1.82, 2.24) is 10.2 Å². The molecular formula is C12H26N2. The number of piperazine rings is 1. The number of rotatable bonds is 6. The van der Waals surface area contributed by atoms with E-state index in [9.17, 15) is 0 Å². The van der Waals surface area contributed by atoms with Crippen molar-refractivity contribution in [1.29, 1.82) is 0 Å². The van der Waals surface area contributed by atoms with Gasteiger partial charge in [-0.25, -0.2) is 0 Å². The quantitative estimate of drug-likeness (QED) is 0.703. The Kier molecular flexibility index (Phi) is 6.20. The molecule has 1 aliphatic heterocycles. The summed E-state index contributed by atoms with van der Waals surface area (Å²) in [5.41, 5.74) is 0. The molecule has 0 saturated carbocycles. The van der Waals surface area contributed by atoms with Crippen molar-refractivity contribution >= 4 is 0 Å². The normalized spacial score (nSPS) is 21.0. The minimum Gasteiger partial charge on any atom is -0.314 e. The van der Waals surface area contributed by atoms with Crippen molar-refractivity contribution in [2.75, 3.05) is 32.7 Å².